The Kier molecular flexibility index (Phi) is 3.70. The number of amides is 1. The summed E-state index contributed by atoms with van der Waals surface area (Å²) in [4.78, 5) is 17.4. The van der Waals surface area contributed by atoms with Crippen molar-refractivity contribution in [2.24, 2.45) is 0 Å². The summed E-state index contributed by atoms with van der Waals surface area (Å²) in [6.45, 7) is 6.04. The average Bonchev–Trinajstić information content (AvgIpc) is 2.82. The van der Waals surface area contributed by atoms with Crippen molar-refractivity contribution < 1.29 is 18.7 Å². The Labute approximate surface area is 134 Å². The second-order valence-electron chi connectivity index (χ2n) is 6.72. The van der Waals surface area contributed by atoms with Crippen LogP contribution in [0.1, 0.15) is 32.9 Å². The molecule has 3 rings (SSSR count). The lowest BCUT2D eigenvalue weighted by Crippen LogP contribution is -2.39. The molecule has 0 radical (unpaired) electrons. The number of fused-ring (bicyclic) bond motifs is 3. The number of ether oxygens (including phenoxy) is 2. The van der Waals surface area contributed by atoms with E-state index in [2.05, 4.69) is 4.98 Å². The molecule has 1 aliphatic rings. The first-order chi connectivity index (χ1) is 10.8. The predicted molar refractivity (Wildman–Crippen MR) is 86.7 cm³/mol. The van der Waals surface area contributed by atoms with Crippen LogP contribution >= 0.6 is 0 Å². The zero-order valence-electron chi connectivity index (χ0n) is 13.8. The minimum atomic E-state index is -0.574. The van der Waals surface area contributed by atoms with Gasteiger partial charge in [0.2, 0.25) is 0 Å². The van der Waals surface area contributed by atoms with Gasteiger partial charge in [-0.1, -0.05) is 0 Å². The number of benzene rings is 1. The van der Waals surface area contributed by atoms with Crippen molar-refractivity contribution in [3.05, 3.63) is 23.6 Å². The molecule has 0 fully saturated rings. The lowest BCUT2D eigenvalue weighted by molar-refractivity contribution is 0.0578. The molecular formula is C17H21FN2O3. The van der Waals surface area contributed by atoms with E-state index in [4.69, 9.17) is 9.47 Å². The van der Waals surface area contributed by atoms with Crippen LogP contribution in [0, 0.1) is 5.82 Å². The summed E-state index contributed by atoms with van der Waals surface area (Å²) in [7, 11) is 1.43. The molecule has 0 atom stereocenters. The van der Waals surface area contributed by atoms with Crippen molar-refractivity contribution in [3.8, 4) is 5.75 Å². The Hall–Kier alpha value is -2.24. The zero-order chi connectivity index (χ0) is 16.8. The van der Waals surface area contributed by atoms with E-state index in [1.54, 1.807) is 11.0 Å². The molecule has 1 aromatic heterocycles. The smallest absolute Gasteiger partial charge is 0.414 e. The molecule has 0 spiro atoms. The second kappa shape index (κ2) is 5.44. The molecule has 124 valence electrons. The minimum absolute atomic E-state index is 0.180. The monoisotopic (exact) mass is 320 g/mol. The SMILES string of the molecule is COc1cc2[nH]c3c(c2cc1F)N(C(=O)OC(C)(C)C)CCC3. The number of hydrogen-bond donors (Lipinski definition) is 1. The standard InChI is InChI=1S/C17H21FN2O3/c1-17(2,3)23-16(21)20-7-5-6-12-15(20)10-8-11(18)14(22-4)9-13(10)19-12/h8-9,19H,5-7H2,1-4H3. The molecule has 1 N–H and O–H groups in total. The zero-order valence-corrected chi connectivity index (χ0v) is 13.8. The maximum Gasteiger partial charge on any atom is 0.414 e. The predicted octanol–water partition coefficient (Wildman–Crippen LogP) is 4.00. The quantitative estimate of drug-likeness (QED) is 0.864. The molecule has 1 aromatic carbocycles. The molecule has 6 heteroatoms. The highest BCUT2D eigenvalue weighted by Crippen LogP contribution is 2.38. The number of methoxy groups -OCH3 is 1. The Morgan fingerprint density at radius 1 is 1.35 bits per heavy atom. The van der Waals surface area contributed by atoms with E-state index in [-0.39, 0.29) is 5.75 Å². The van der Waals surface area contributed by atoms with E-state index in [0.29, 0.717) is 17.6 Å². The van der Waals surface area contributed by atoms with Gasteiger partial charge in [-0.05, 0) is 39.7 Å². The molecule has 2 aromatic rings. The summed E-state index contributed by atoms with van der Waals surface area (Å²) in [5.41, 5.74) is 1.81. The summed E-state index contributed by atoms with van der Waals surface area (Å²) < 4.78 is 24.6. The van der Waals surface area contributed by atoms with E-state index in [1.165, 1.54) is 13.2 Å². The topological polar surface area (TPSA) is 54.6 Å². The van der Waals surface area contributed by atoms with Crippen molar-refractivity contribution in [3.63, 3.8) is 0 Å². The fourth-order valence-corrected chi connectivity index (χ4v) is 2.91. The normalized spacial score (nSPS) is 14.7. The molecule has 1 aliphatic heterocycles. The van der Waals surface area contributed by atoms with Gasteiger partial charge < -0.3 is 14.5 Å². The van der Waals surface area contributed by atoms with Crippen LogP contribution in [-0.4, -0.2) is 30.3 Å². The van der Waals surface area contributed by atoms with Crippen LogP contribution in [0.4, 0.5) is 14.9 Å². The molecule has 2 heterocycles. The van der Waals surface area contributed by atoms with Crippen molar-refractivity contribution >= 4 is 22.7 Å². The van der Waals surface area contributed by atoms with E-state index >= 15 is 0 Å². The van der Waals surface area contributed by atoms with E-state index in [9.17, 15) is 9.18 Å². The summed E-state index contributed by atoms with van der Waals surface area (Å²) in [6, 6.07) is 3.03. The van der Waals surface area contributed by atoms with Gasteiger partial charge in [0.15, 0.2) is 11.6 Å². The van der Waals surface area contributed by atoms with Gasteiger partial charge in [-0.25, -0.2) is 9.18 Å². The number of aromatic amines is 1. The third kappa shape index (κ3) is 2.85. The molecule has 5 nitrogen and oxygen atoms in total. The van der Waals surface area contributed by atoms with Gasteiger partial charge in [0, 0.05) is 23.7 Å². The first kappa shape index (κ1) is 15.6. The lowest BCUT2D eigenvalue weighted by Gasteiger charge is -2.30. The number of anilines is 1. The third-order valence-electron chi connectivity index (χ3n) is 3.81. The van der Waals surface area contributed by atoms with Crippen LogP contribution < -0.4 is 9.64 Å². The number of rotatable bonds is 1. The first-order valence-electron chi connectivity index (χ1n) is 7.69. The van der Waals surface area contributed by atoms with Crippen molar-refractivity contribution in [1.29, 1.82) is 0 Å². The number of aromatic nitrogens is 1. The molecule has 0 saturated carbocycles. The highest BCUT2D eigenvalue weighted by Gasteiger charge is 2.30. The van der Waals surface area contributed by atoms with Gasteiger partial charge in [0.25, 0.3) is 0 Å². The molecular weight excluding hydrogens is 299 g/mol. The van der Waals surface area contributed by atoms with Crippen LogP contribution in [-0.2, 0) is 11.2 Å². The Morgan fingerprint density at radius 2 is 2.09 bits per heavy atom. The van der Waals surface area contributed by atoms with E-state index in [0.717, 1.165) is 24.1 Å². The Bertz CT molecular complexity index is 761. The van der Waals surface area contributed by atoms with Crippen LogP contribution in [0.2, 0.25) is 0 Å². The number of carbonyl (C=O) groups excluding carboxylic acids is 1. The van der Waals surface area contributed by atoms with Crippen LogP contribution in [0.3, 0.4) is 0 Å². The summed E-state index contributed by atoms with van der Waals surface area (Å²) in [5, 5.41) is 0.670. The highest BCUT2D eigenvalue weighted by molar-refractivity contribution is 6.03. The Balaban J connectivity index is 2.08. The first-order valence-corrected chi connectivity index (χ1v) is 7.69. The molecule has 0 aliphatic carbocycles. The van der Waals surface area contributed by atoms with E-state index < -0.39 is 17.5 Å². The van der Waals surface area contributed by atoms with E-state index in [1.807, 2.05) is 20.8 Å². The molecule has 0 saturated heterocycles. The number of aryl methyl sites for hydroxylation is 1. The van der Waals surface area contributed by atoms with Crippen molar-refractivity contribution in [2.45, 2.75) is 39.2 Å². The maximum absolute atomic E-state index is 14.1. The fourth-order valence-electron chi connectivity index (χ4n) is 2.91. The van der Waals surface area contributed by atoms with Gasteiger partial charge in [-0.3, -0.25) is 4.90 Å². The van der Waals surface area contributed by atoms with Gasteiger partial charge in [0.1, 0.15) is 5.60 Å². The molecule has 1 amide bonds. The van der Waals surface area contributed by atoms with Gasteiger partial charge in [-0.2, -0.15) is 0 Å². The summed E-state index contributed by atoms with van der Waals surface area (Å²) >= 11 is 0. The average molecular weight is 320 g/mol. The third-order valence-corrected chi connectivity index (χ3v) is 3.81. The highest BCUT2D eigenvalue weighted by atomic mass is 19.1. The number of halogens is 1. The number of hydrogen-bond acceptors (Lipinski definition) is 3. The Morgan fingerprint density at radius 3 is 2.74 bits per heavy atom. The summed E-state index contributed by atoms with van der Waals surface area (Å²) in [6.07, 6.45) is 1.24. The lowest BCUT2D eigenvalue weighted by atomic mass is 10.1. The van der Waals surface area contributed by atoms with Crippen molar-refractivity contribution in [2.75, 3.05) is 18.6 Å². The van der Waals surface area contributed by atoms with Crippen LogP contribution in [0.5, 0.6) is 5.75 Å². The minimum Gasteiger partial charge on any atom is -0.494 e. The molecule has 23 heavy (non-hydrogen) atoms. The molecule has 0 bridgehead atoms. The van der Waals surface area contributed by atoms with Gasteiger partial charge in [0.05, 0.1) is 18.3 Å². The van der Waals surface area contributed by atoms with Crippen molar-refractivity contribution in [1.82, 2.24) is 4.98 Å². The second-order valence-corrected chi connectivity index (χ2v) is 6.72. The summed E-state index contributed by atoms with van der Waals surface area (Å²) in [5.74, 6) is -0.267. The van der Waals surface area contributed by atoms with Crippen LogP contribution in [0.15, 0.2) is 12.1 Å². The number of nitrogens with one attached hydrogen (secondary N) is 1. The van der Waals surface area contributed by atoms with Gasteiger partial charge in [-0.15, -0.1) is 0 Å². The largest absolute Gasteiger partial charge is 0.494 e. The van der Waals surface area contributed by atoms with Gasteiger partial charge >= 0.3 is 6.09 Å². The maximum atomic E-state index is 14.1. The number of carbonyl (C=O) groups is 1. The number of H-pyrrole nitrogens is 1. The van der Waals surface area contributed by atoms with Crippen LogP contribution in [0.25, 0.3) is 10.9 Å². The number of nitrogens with zero attached hydrogens (tertiary/aromatic N) is 1. The fraction of sp³-hybridized carbons (Fsp3) is 0.471. The molecule has 0 unspecified atom stereocenters.